The molecule has 2 aromatic carbocycles. The molecule has 2 rings (SSSR count). The van der Waals surface area contributed by atoms with E-state index in [0.29, 0.717) is 25.8 Å². The van der Waals surface area contributed by atoms with Gasteiger partial charge < -0.3 is 15.0 Å². The van der Waals surface area contributed by atoms with Gasteiger partial charge in [-0.1, -0.05) is 44.2 Å². The number of anilines is 1. The first-order valence-corrected chi connectivity index (χ1v) is 13.8. The van der Waals surface area contributed by atoms with Gasteiger partial charge >= 0.3 is 0 Å². The van der Waals surface area contributed by atoms with E-state index in [-0.39, 0.29) is 29.6 Å². The van der Waals surface area contributed by atoms with Crippen LogP contribution in [0.5, 0.6) is 5.75 Å². The molecular formula is C25H34N4O7S. The van der Waals surface area contributed by atoms with Gasteiger partial charge in [-0.15, -0.1) is 0 Å². The molecule has 0 unspecified atom stereocenters. The van der Waals surface area contributed by atoms with E-state index in [1.807, 2.05) is 37.3 Å². The smallest absolute Gasteiger partial charge is 0.271 e. The van der Waals surface area contributed by atoms with Crippen LogP contribution in [0.3, 0.4) is 0 Å². The maximum Gasteiger partial charge on any atom is 0.271 e. The Morgan fingerprint density at radius 3 is 2.35 bits per heavy atom. The zero-order chi connectivity index (χ0) is 27.6. The van der Waals surface area contributed by atoms with Crippen LogP contribution in [-0.2, 0) is 26.0 Å². The van der Waals surface area contributed by atoms with Gasteiger partial charge in [0.25, 0.3) is 5.69 Å². The van der Waals surface area contributed by atoms with Crippen molar-refractivity contribution in [1.82, 2.24) is 10.2 Å². The molecule has 1 N–H and O–H groups in total. The summed E-state index contributed by atoms with van der Waals surface area (Å²) < 4.78 is 31.6. The van der Waals surface area contributed by atoms with Crippen LogP contribution < -0.4 is 14.4 Å². The van der Waals surface area contributed by atoms with Crippen molar-refractivity contribution < 1.29 is 27.7 Å². The Bertz CT molecular complexity index is 1190. The highest BCUT2D eigenvalue weighted by molar-refractivity contribution is 7.92. The summed E-state index contributed by atoms with van der Waals surface area (Å²) in [5.41, 5.74) is 0.451. The second kappa shape index (κ2) is 13.6. The molecule has 11 nitrogen and oxygen atoms in total. The lowest BCUT2D eigenvalue weighted by molar-refractivity contribution is -0.384. The molecule has 0 bridgehead atoms. The van der Waals surface area contributed by atoms with Crippen molar-refractivity contribution in [2.24, 2.45) is 0 Å². The number of sulfonamides is 1. The number of hydrogen-bond acceptors (Lipinski definition) is 7. The molecule has 202 valence electrons. The monoisotopic (exact) mass is 534 g/mol. The fourth-order valence-corrected chi connectivity index (χ4v) is 4.69. The maximum atomic E-state index is 13.7. The molecule has 0 heterocycles. The zero-order valence-corrected chi connectivity index (χ0v) is 22.4. The van der Waals surface area contributed by atoms with Gasteiger partial charge in [-0.2, -0.15) is 0 Å². The molecule has 0 radical (unpaired) electrons. The molecular weight excluding hydrogens is 500 g/mol. The minimum atomic E-state index is -4.07. The average Bonchev–Trinajstić information content (AvgIpc) is 2.87. The number of methoxy groups -OCH3 is 1. The lowest BCUT2D eigenvalue weighted by Crippen LogP contribution is -2.53. The first-order valence-electron chi connectivity index (χ1n) is 11.9. The molecule has 1 atom stereocenters. The molecule has 0 aliphatic rings. The third-order valence-corrected chi connectivity index (χ3v) is 6.87. The Morgan fingerprint density at radius 2 is 1.81 bits per heavy atom. The van der Waals surface area contributed by atoms with E-state index >= 15 is 0 Å². The quantitative estimate of drug-likeness (QED) is 0.290. The molecule has 0 saturated heterocycles. The molecule has 0 saturated carbocycles. The third-order valence-electron chi connectivity index (χ3n) is 5.74. The van der Waals surface area contributed by atoms with Crippen LogP contribution in [0.2, 0.25) is 0 Å². The predicted octanol–water partition coefficient (Wildman–Crippen LogP) is 2.75. The van der Waals surface area contributed by atoms with Crippen molar-refractivity contribution in [3.8, 4) is 5.75 Å². The van der Waals surface area contributed by atoms with Gasteiger partial charge in [0.15, 0.2) is 0 Å². The van der Waals surface area contributed by atoms with Crippen molar-refractivity contribution in [3.05, 3.63) is 64.2 Å². The number of ether oxygens (including phenoxy) is 1. The topological polar surface area (TPSA) is 139 Å². The van der Waals surface area contributed by atoms with E-state index in [1.165, 1.54) is 24.1 Å². The number of amides is 2. The summed E-state index contributed by atoms with van der Waals surface area (Å²) in [5, 5.41) is 14.2. The predicted molar refractivity (Wildman–Crippen MR) is 141 cm³/mol. The van der Waals surface area contributed by atoms with Crippen LogP contribution in [0, 0.1) is 10.1 Å². The van der Waals surface area contributed by atoms with Crippen molar-refractivity contribution in [2.45, 2.75) is 39.2 Å². The fourth-order valence-electron chi connectivity index (χ4n) is 3.84. The van der Waals surface area contributed by atoms with E-state index in [4.69, 9.17) is 4.74 Å². The van der Waals surface area contributed by atoms with E-state index in [0.717, 1.165) is 22.2 Å². The van der Waals surface area contributed by atoms with Gasteiger partial charge in [0.1, 0.15) is 24.0 Å². The highest BCUT2D eigenvalue weighted by atomic mass is 32.2. The van der Waals surface area contributed by atoms with E-state index in [2.05, 4.69) is 5.32 Å². The molecule has 2 aromatic rings. The molecule has 0 spiro atoms. The lowest BCUT2D eigenvalue weighted by atomic mass is 10.1. The normalized spacial score (nSPS) is 11.9. The minimum Gasteiger partial charge on any atom is -0.495 e. The van der Waals surface area contributed by atoms with Crippen LogP contribution in [0.25, 0.3) is 0 Å². The zero-order valence-electron chi connectivity index (χ0n) is 21.5. The van der Waals surface area contributed by atoms with Crippen molar-refractivity contribution in [1.29, 1.82) is 0 Å². The SMILES string of the molecule is CCCNC(=O)[C@@H](CC)N(CCc1ccccc1)C(=O)CN(c1cc([N+](=O)[O-])ccc1OC)S(C)(=O)=O. The number of non-ortho nitro benzene ring substituents is 1. The number of nitrogens with zero attached hydrogens (tertiary/aromatic N) is 3. The van der Waals surface area contributed by atoms with Gasteiger partial charge in [0.2, 0.25) is 21.8 Å². The van der Waals surface area contributed by atoms with Gasteiger partial charge in [0, 0.05) is 25.2 Å². The Balaban J connectivity index is 2.47. The van der Waals surface area contributed by atoms with Gasteiger partial charge in [-0.3, -0.25) is 24.0 Å². The number of nitrogens with one attached hydrogen (secondary N) is 1. The molecule has 0 aromatic heterocycles. The van der Waals surface area contributed by atoms with Gasteiger partial charge in [0.05, 0.1) is 18.3 Å². The summed E-state index contributed by atoms with van der Waals surface area (Å²) in [6.45, 7) is 3.64. The van der Waals surface area contributed by atoms with Crippen molar-refractivity contribution in [3.63, 3.8) is 0 Å². The maximum absolute atomic E-state index is 13.7. The third kappa shape index (κ3) is 8.17. The molecule has 37 heavy (non-hydrogen) atoms. The molecule has 0 aliphatic heterocycles. The number of rotatable bonds is 14. The average molecular weight is 535 g/mol. The summed E-state index contributed by atoms with van der Waals surface area (Å²) in [5.74, 6) is -0.898. The number of carbonyl (C=O) groups is 2. The van der Waals surface area contributed by atoms with Crippen LogP contribution in [-0.4, -0.2) is 69.1 Å². The molecule has 0 fully saturated rings. The van der Waals surface area contributed by atoms with Crippen LogP contribution in [0.1, 0.15) is 32.3 Å². The van der Waals surface area contributed by atoms with E-state index < -0.39 is 33.4 Å². The van der Waals surface area contributed by atoms with Crippen molar-refractivity contribution >= 4 is 33.2 Å². The summed E-state index contributed by atoms with van der Waals surface area (Å²) >= 11 is 0. The minimum absolute atomic E-state index is 0.0485. The highest BCUT2D eigenvalue weighted by Crippen LogP contribution is 2.33. The summed E-state index contributed by atoms with van der Waals surface area (Å²) in [7, 11) is -2.78. The van der Waals surface area contributed by atoms with E-state index in [1.54, 1.807) is 6.92 Å². The number of hydrogen-bond donors (Lipinski definition) is 1. The Morgan fingerprint density at radius 1 is 1.14 bits per heavy atom. The summed E-state index contributed by atoms with van der Waals surface area (Å²) in [4.78, 5) is 38.6. The van der Waals surface area contributed by atoms with Crippen LogP contribution in [0.4, 0.5) is 11.4 Å². The summed E-state index contributed by atoms with van der Waals surface area (Å²) in [6, 6.07) is 12.1. The Kier molecular flexibility index (Phi) is 10.9. The number of carbonyl (C=O) groups excluding carboxylic acids is 2. The second-order valence-corrected chi connectivity index (χ2v) is 10.3. The first kappa shape index (κ1) is 29.6. The van der Waals surface area contributed by atoms with E-state index in [9.17, 15) is 28.1 Å². The van der Waals surface area contributed by atoms with Gasteiger partial charge in [-0.05, 0) is 30.9 Å². The standard InChI is InChI=1S/C25H34N4O7S/c1-5-15-26-25(31)21(6-2)27(16-14-19-10-8-7-9-11-19)24(30)18-28(37(4,34)35)22-17-20(29(32)33)12-13-23(22)36-3/h7-13,17,21H,5-6,14-16,18H2,1-4H3,(H,26,31)/t21-/m1/s1. The number of nitro benzene ring substituents is 1. The van der Waals surface area contributed by atoms with Crippen LogP contribution in [0.15, 0.2) is 48.5 Å². The second-order valence-electron chi connectivity index (χ2n) is 8.42. The van der Waals surface area contributed by atoms with Crippen molar-refractivity contribution in [2.75, 3.05) is 37.3 Å². The molecule has 2 amide bonds. The molecule has 0 aliphatic carbocycles. The Labute approximate surface area is 217 Å². The first-order chi connectivity index (χ1) is 17.5. The number of nitro groups is 1. The largest absolute Gasteiger partial charge is 0.495 e. The fraction of sp³-hybridized carbons (Fsp3) is 0.440. The van der Waals surface area contributed by atoms with Crippen LogP contribution >= 0.6 is 0 Å². The lowest BCUT2D eigenvalue weighted by Gasteiger charge is -2.33. The highest BCUT2D eigenvalue weighted by Gasteiger charge is 2.32. The molecule has 12 heteroatoms. The summed E-state index contributed by atoms with van der Waals surface area (Å²) in [6.07, 6.45) is 2.38. The Hall–Kier alpha value is -3.67. The van der Waals surface area contributed by atoms with Gasteiger partial charge in [-0.25, -0.2) is 8.42 Å². The number of benzene rings is 2.